The Hall–Kier alpha value is -0.680. The predicted molar refractivity (Wildman–Crippen MR) is 76.2 cm³/mol. The Morgan fingerprint density at radius 2 is 1.79 bits per heavy atom. The minimum atomic E-state index is -0.584. The molecule has 0 aliphatic heterocycles. The lowest BCUT2D eigenvalue weighted by Crippen LogP contribution is -2.18. The second-order valence-electron chi connectivity index (χ2n) is 4.10. The first-order valence-corrected chi connectivity index (χ1v) is 7.14. The minimum Gasteiger partial charge on any atom is -0.313 e. The highest BCUT2D eigenvalue weighted by atomic mass is 35.5. The molecule has 1 unspecified atom stereocenters. The van der Waals surface area contributed by atoms with Crippen LogP contribution >= 0.6 is 34.5 Å². The number of benzene rings is 1. The van der Waals surface area contributed by atoms with Crippen molar-refractivity contribution in [3.05, 3.63) is 55.7 Å². The van der Waals surface area contributed by atoms with Crippen molar-refractivity contribution < 1.29 is 8.78 Å². The molecule has 1 N–H and O–H groups in total. The van der Waals surface area contributed by atoms with Crippen LogP contribution in [-0.4, -0.2) is 7.05 Å². The van der Waals surface area contributed by atoms with Gasteiger partial charge in [0.2, 0.25) is 0 Å². The lowest BCUT2D eigenvalue weighted by atomic mass is 10.0. The van der Waals surface area contributed by atoms with Gasteiger partial charge in [0.15, 0.2) is 0 Å². The van der Waals surface area contributed by atoms with Crippen molar-refractivity contribution in [1.82, 2.24) is 5.32 Å². The molecule has 2 rings (SSSR count). The molecular weight excluding hydrogens is 311 g/mol. The van der Waals surface area contributed by atoms with Gasteiger partial charge in [0.25, 0.3) is 0 Å². The molecule has 0 amide bonds. The maximum Gasteiger partial charge on any atom is 0.126 e. The van der Waals surface area contributed by atoms with Crippen molar-refractivity contribution in [2.45, 2.75) is 12.5 Å². The smallest absolute Gasteiger partial charge is 0.126 e. The van der Waals surface area contributed by atoms with E-state index in [9.17, 15) is 8.78 Å². The van der Waals surface area contributed by atoms with Crippen molar-refractivity contribution >= 4 is 34.5 Å². The molecule has 0 fully saturated rings. The van der Waals surface area contributed by atoms with Crippen LogP contribution in [-0.2, 0) is 6.42 Å². The van der Waals surface area contributed by atoms with E-state index < -0.39 is 11.6 Å². The van der Waals surface area contributed by atoms with Crippen LogP contribution in [0.1, 0.15) is 17.2 Å². The Balaban J connectivity index is 2.26. The number of thiophene rings is 1. The molecule has 0 spiro atoms. The van der Waals surface area contributed by atoms with E-state index in [2.05, 4.69) is 5.32 Å². The van der Waals surface area contributed by atoms with Crippen LogP contribution in [0.2, 0.25) is 8.67 Å². The minimum absolute atomic E-state index is 0.141. The molecule has 6 heteroatoms. The Morgan fingerprint density at radius 1 is 1.16 bits per heavy atom. The fraction of sp³-hybridized carbons (Fsp3) is 0.231. The highest BCUT2D eigenvalue weighted by Crippen LogP contribution is 2.36. The molecule has 1 atom stereocenters. The molecule has 0 bridgehead atoms. The Bertz CT molecular complexity index is 566. The van der Waals surface area contributed by atoms with Crippen molar-refractivity contribution in [1.29, 1.82) is 0 Å². The van der Waals surface area contributed by atoms with E-state index in [1.165, 1.54) is 23.5 Å². The lowest BCUT2D eigenvalue weighted by Gasteiger charge is -2.16. The highest BCUT2D eigenvalue weighted by Gasteiger charge is 2.17. The van der Waals surface area contributed by atoms with Crippen LogP contribution in [0.15, 0.2) is 24.3 Å². The number of hydrogen-bond acceptors (Lipinski definition) is 2. The van der Waals surface area contributed by atoms with Gasteiger partial charge in [0.1, 0.15) is 11.6 Å². The van der Waals surface area contributed by atoms with Gasteiger partial charge in [-0.2, -0.15) is 0 Å². The third-order valence-electron chi connectivity index (χ3n) is 2.77. The molecule has 0 aliphatic carbocycles. The zero-order valence-electron chi connectivity index (χ0n) is 10.0. The standard InChI is InChI=1S/C13H11Cl2F2NS/c1-18-11(10-6-12(14)19-13(10)15)4-7-2-8(16)5-9(17)3-7/h2-3,5-6,11,18H,4H2,1H3. The number of halogens is 4. The van der Waals surface area contributed by atoms with Gasteiger partial charge in [-0.1, -0.05) is 23.2 Å². The molecule has 19 heavy (non-hydrogen) atoms. The van der Waals surface area contributed by atoms with E-state index in [0.29, 0.717) is 20.7 Å². The van der Waals surface area contributed by atoms with Gasteiger partial charge in [-0.15, -0.1) is 11.3 Å². The van der Waals surface area contributed by atoms with Gasteiger partial charge in [-0.25, -0.2) is 8.78 Å². The summed E-state index contributed by atoms with van der Waals surface area (Å²) in [5.74, 6) is -1.17. The highest BCUT2D eigenvalue weighted by molar-refractivity contribution is 7.20. The maximum atomic E-state index is 13.2. The average Bonchev–Trinajstić information content (AvgIpc) is 2.64. The normalized spacial score (nSPS) is 12.7. The van der Waals surface area contributed by atoms with Gasteiger partial charge in [0, 0.05) is 17.7 Å². The molecule has 0 saturated heterocycles. The summed E-state index contributed by atoms with van der Waals surface area (Å²) >= 11 is 13.3. The van der Waals surface area contributed by atoms with Crippen molar-refractivity contribution in [2.75, 3.05) is 7.05 Å². The summed E-state index contributed by atoms with van der Waals surface area (Å²) in [5, 5.41) is 3.08. The van der Waals surface area contributed by atoms with Crippen LogP contribution in [0, 0.1) is 11.6 Å². The predicted octanol–water partition coefficient (Wildman–Crippen LogP) is 4.84. The molecule has 0 radical (unpaired) electrons. The van der Waals surface area contributed by atoms with Crippen LogP contribution in [0.25, 0.3) is 0 Å². The zero-order valence-corrected chi connectivity index (χ0v) is 12.3. The first-order chi connectivity index (χ1) is 8.99. The largest absolute Gasteiger partial charge is 0.313 e. The van der Waals surface area contributed by atoms with Crippen LogP contribution in [0.5, 0.6) is 0 Å². The number of likely N-dealkylation sites (N-methyl/N-ethyl adjacent to an activating group) is 1. The van der Waals surface area contributed by atoms with Crippen LogP contribution in [0.3, 0.4) is 0 Å². The fourth-order valence-electron chi connectivity index (χ4n) is 1.92. The van der Waals surface area contributed by atoms with E-state index in [-0.39, 0.29) is 6.04 Å². The van der Waals surface area contributed by atoms with Gasteiger partial charge in [-0.05, 0) is 37.2 Å². The summed E-state index contributed by atoms with van der Waals surface area (Å²) < 4.78 is 27.5. The van der Waals surface area contributed by atoms with Crippen LogP contribution < -0.4 is 5.32 Å². The van der Waals surface area contributed by atoms with Gasteiger partial charge >= 0.3 is 0 Å². The van der Waals surface area contributed by atoms with E-state index in [4.69, 9.17) is 23.2 Å². The molecule has 2 aromatic rings. The summed E-state index contributed by atoms with van der Waals surface area (Å²) in [5.41, 5.74) is 1.40. The van der Waals surface area contributed by atoms with Gasteiger partial charge in [0.05, 0.1) is 8.67 Å². The molecular formula is C13H11Cl2F2NS. The Morgan fingerprint density at radius 3 is 2.26 bits per heavy atom. The topological polar surface area (TPSA) is 12.0 Å². The lowest BCUT2D eigenvalue weighted by molar-refractivity contribution is 0.563. The molecule has 102 valence electrons. The van der Waals surface area contributed by atoms with E-state index in [0.717, 1.165) is 11.6 Å². The molecule has 0 aliphatic rings. The van der Waals surface area contributed by atoms with Gasteiger partial charge < -0.3 is 5.32 Å². The summed E-state index contributed by atoms with van der Waals surface area (Å²) in [6.45, 7) is 0. The maximum absolute atomic E-state index is 13.2. The third kappa shape index (κ3) is 3.66. The summed E-state index contributed by atoms with van der Waals surface area (Å²) in [6.07, 6.45) is 0.429. The van der Waals surface area contributed by atoms with Crippen molar-refractivity contribution in [3.8, 4) is 0 Å². The van der Waals surface area contributed by atoms with E-state index in [1.54, 1.807) is 13.1 Å². The van der Waals surface area contributed by atoms with Gasteiger partial charge in [-0.3, -0.25) is 0 Å². The molecule has 1 aromatic carbocycles. The van der Waals surface area contributed by atoms with Crippen LogP contribution in [0.4, 0.5) is 8.78 Å². The average molecular weight is 322 g/mol. The zero-order chi connectivity index (χ0) is 14.0. The fourth-order valence-corrected chi connectivity index (χ4v) is 3.50. The monoisotopic (exact) mass is 321 g/mol. The van der Waals surface area contributed by atoms with Crippen molar-refractivity contribution in [3.63, 3.8) is 0 Å². The second kappa shape index (κ2) is 6.18. The SMILES string of the molecule is CNC(Cc1cc(F)cc(F)c1)c1cc(Cl)sc1Cl. The molecule has 1 heterocycles. The first kappa shape index (κ1) is 14.7. The quantitative estimate of drug-likeness (QED) is 0.849. The molecule has 0 saturated carbocycles. The van der Waals surface area contributed by atoms with Crippen molar-refractivity contribution in [2.24, 2.45) is 0 Å². The molecule has 1 nitrogen and oxygen atoms in total. The number of rotatable bonds is 4. The summed E-state index contributed by atoms with van der Waals surface area (Å²) in [7, 11) is 1.77. The third-order valence-corrected chi connectivity index (χ3v) is 4.29. The van der Waals surface area contributed by atoms with E-state index >= 15 is 0 Å². The number of hydrogen-bond donors (Lipinski definition) is 1. The summed E-state index contributed by atoms with van der Waals surface area (Å²) in [6, 6.07) is 5.11. The first-order valence-electron chi connectivity index (χ1n) is 5.56. The Kier molecular flexibility index (Phi) is 4.79. The van der Waals surface area contributed by atoms with E-state index in [1.807, 2.05) is 0 Å². The summed E-state index contributed by atoms with van der Waals surface area (Å²) in [4.78, 5) is 0. The number of nitrogens with one attached hydrogen (secondary N) is 1. The Labute approximate surface area is 124 Å². The molecule has 1 aromatic heterocycles. The second-order valence-corrected chi connectivity index (χ2v) is 6.39.